The second-order valence-electron chi connectivity index (χ2n) is 11.1. The number of benzene rings is 1. The molecule has 0 aliphatic carbocycles. The Labute approximate surface area is 258 Å². The molecule has 2 fully saturated rings. The first kappa shape index (κ1) is 31.5. The normalized spacial score (nSPS) is 22.4. The maximum atomic E-state index is 14.0. The maximum Gasteiger partial charge on any atom is 0.419 e. The van der Waals surface area contributed by atoms with Crippen molar-refractivity contribution in [3.63, 3.8) is 0 Å². The highest BCUT2D eigenvalue weighted by Crippen LogP contribution is 2.41. The van der Waals surface area contributed by atoms with Crippen molar-refractivity contribution in [3.05, 3.63) is 77.4 Å². The number of hydrazine groups is 1. The number of halogens is 6. The highest BCUT2D eigenvalue weighted by Gasteiger charge is 2.55. The first-order chi connectivity index (χ1) is 21.9. The van der Waals surface area contributed by atoms with Crippen LogP contribution in [0.4, 0.5) is 32.3 Å². The van der Waals surface area contributed by atoms with E-state index in [4.69, 9.17) is 4.74 Å². The van der Waals surface area contributed by atoms with Crippen molar-refractivity contribution < 1.29 is 40.7 Å². The fourth-order valence-corrected chi connectivity index (χ4v) is 6.02. The molecule has 2 unspecified atom stereocenters. The van der Waals surface area contributed by atoms with Crippen LogP contribution < -0.4 is 20.5 Å². The van der Waals surface area contributed by atoms with Gasteiger partial charge in [-0.1, -0.05) is 24.3 Å². The van der Waals surface area contributed by atoms with Crippen LogP contribution in [-0.2, 0) is 17.5 Å². The smallest absolute Gasteiger partial charge is 0.419 e. The summed E-state index contributed by atoms with van der Waals surface area (Å²) in [7, 11) is 0. The lowest BCUT2D eigenvalue weighted by Gasteiger charge is -2.40. The number of hydrogen-bond donors (Lipinski definition) is 2. The SMILES string of the molecule is O=C1NNCC(N2Cc3ccccc3[C@H]2COc2cncc(C(=O)N3CCN(c4ncc(C(F)(F)F)cn4)CC3)c2)C1C(F)(F)F. The van der Waals surface area contributed by atoms with Crippen LogP contribution in [-0.4, -0.2) is 88.1 Å². The third-order valence-electron chi connectivity index (χ3n) is 8.32. The fraction of sp³-hybridized carbons (Fsp3) is 0.414. The maximum absolute atomic E-state index is 14.0. The predicted octanol–water partition coefficient (Wildman–Crippen LogP) is 2.97. The number of nitrogens with one attached hydrogen (secondary N) is 2. The van der Waals surface area contributed by atoms with E-state index in [1.165, 1.54) is 18.5 Å². The van der Waals surface area contributed by atoms with Crippen molar-refractivity contribution in [2.75, 3.05) is 44.2 Å². The lowest BCUT2D eigenvalue weighted by molar-refractivity contribution is -0.202. The zero-order valence-electron chi connectivity index (χ0n) is 24.1. The molecule has 0 saturated carbocycles. The lowest BCUT2D eigenvalue weighted by Crippen LogP contribution is -2.64. The summed E-state index contributed by atoms with van der Waals surface area (Å²) in [4.78, 5) is 42.2. The molecule has 244 valence electrons. The van der Waals surface area contributed by atoms with Crippen LogP contribution in [0.3, 0.4) is 0 Å². The summed E-state index contributed by atoms with van der Waals surface area (Å²) in [6, 6.07) is 6.92. The average molecular weight is 651 g/mol. The molecule has 1 aromatic carbocycles. The van der Waals surface area contributed by atoms with E-state index in [2.05, 4.69) is 25.8 Å². The van der Waals surface area contributed by atoms with Gasteiger partial charge in [-0.15, -0.1) is 0 Å². The van der Waals surface area contributed by atoms with Crippen LogP contribution in [0.5, 0.6) is 5.75 Å². The minimum Gasteiger partial charge on any atom is -0.490 e. The van der Waals surface area contributed by atoms with Gasteiger partial charge in [0.25, 0.3) is 5.91 Å². The van der Waals surface area contributed by atoms with Gasteiger partial charge in [0.15, 0.2) is 5.92 Å². The number of anilines is 1. The zero-order chi connectivity index (χ0) is 32.6. The Morgan fingerprint density at radius 1 is 0.978 bits per heavy atom. The number of pyridine rings is 1. The summed E-state index contributed by atoms with van der Waals surface area (Å²) in [5.74, 6) is -3.36. The molecule has 0 spiro atoms. The number of amides is 2. The molecule has 6 rings (SSSR count). The molecule has 3 atom stereocenters. The van der Waals surface area contributed by atoms with E-state index < -0.39 is 41.8 Å². The number of carbonyl (C=O) groups is 2. The van der Waals surface area contributed by atoms with Gasteiger partial charge >= 0.3 is 12.4 Å². The third-order valence-corrected chi connectivity index (χ3v) is 8.32. The predicted molar refractivity (Wildman–Crippen MR) is 149 cm³/mol. The van der Waals surface area contributed by atoms with Gasteiger partial charge in [0, 0.05) is 63.9 Å². The molecule has 0 radical (unpaired) electrons. The van der Waals surface area contributed by atoms with E-state index in [0.717, 1.165) is 23.5 Å². The van der Waals surface area contributed by atoms with Crippen molar-refractivity contribution in [1.29, 1.82) is 0 Å². The van der Waals surface area contributed by atoms with Crippen LogP contribution in [0.1, 0.15) is 33.1 Å². The molecule has 0 bridgehead atoms. The van der Waals surface area contributed by atoms with E-state index in [1.54, 1.807) is 26.8 Å². The van der Waals surface area contributed by atoms with Crippen LogP contribution in [0.15, 0.2) is 55.1 Å². The number of hydrogen-bond acceptors (Lipinski definition) is 9. The van der Waals surface area contributed by atoms with Gasteiger partial charge in [-0.25, -0.2) is 15.4 Å². The number of alkyl halides is 6. The molecule has 3 aromatic rings. The summed E-state index contributed by atoms with van der Waals surface area (Å²) in [5, 5.41) is 0. The number of carbonyl (C=O) groups excluding carboxylic acids is 2. The van der Waals surface area contributed by atoms with Gasteiger partial charge in [-0.3, -0.25) is 24.9 Å². The average Bonchev–Trinajstić information content (AvgIpc) is 3.41. The Morgan fingerprint density at radius 2 is 1.70 bits per heavy atom. The van der Waals surface area contributed by atoms with Crippen molar-refractivity contribution in [3.8, 4) is 5.75 Å². The van der Waals surface area contributed by atoms with Gasteiger partial charge in [0.1, 0.15) is 12.4 Å². The molecular weight excluding hydrogens is 622 g/mol. The molecule has 46 heavy (non-hydrogen) atoms. The Hall–Kier alpha value is -4.51. The fourth-order valence-electron chi connectivity index (χ4n) is 6.02. The van der Waals surface area contributed by atoms with Crippen molar-refractivity contribution in [2.24, 2.45) is 5.92 Å². The van der Waals surface area contributed by atoms with Crippen molar-refractivity contribution in [1.82, 2.24) is 35.6 Å². The van der Waals surface area contributed by atoms with Crippen LogP contribution >= 0.6 is 0 Å². The minimum atomic E-state index is -4.76. The zero-order valence-corrected chi connectivity index (χ0v) is 24.1. The summed E-state index contributed by atoms with van der Waals surface area (Å²) in [6.45, 7) is 1.11. The number of ether oxygens (including phenoxy) is 1. The first-order valence-electron chi connectivity index (χ1n) is 14.3. The quantitative estimate of drug-likeness (QED) is 0.389. The Kier molecular flexibility index (Phi) is 8.45. The van der Waals surface area contributed by atoms with E-state index in [9.17, 15) is 35.9 Å². The van der Waals surface area contributed by atoms with Gasteiger partial charge in [0.05, 0.1) is 23.4 Å². The molecule has 2 aromatic heterocycles. The Morgan fingerprint density at radius 3 is 2.39 bits per heavy atom. The standard InChI is InChI=1S/C29H28F6N8O3/c30-28(31,32)19-11-37-27(38-12-19)42-7-5-41(6-8-42)26(45)18-9-20(13-36-10-18)46-16-23-21-4-2-1-3-17(21)15-43(23)22-14-39-40-25(44)24(22)29(33,34)35/h1-4,9-13,22-24,39H,5-8,14-16H2,(H,40,44)/t22?,23-,24?/m1/s1. The summed E-state index contributed by atoms with van der Waals surface area (Å²) in [5.41, 5.74) is 5.54. The summed E-state index contributed by atoms with van der Waals surface area (Å²) < 4.78 is 86.5. The second-order valence-corrected chi connectivity index (χ2v) is 11.1. The molecule has 3 aliphatic heterocycles. The third kappa shape index (κ3) is 6.42. The summed E-state index contributed by atoms with van der Waals surface area (Å²) in [6.07, 6.45) is -5.09. The van der Waals surface area contributed by atoms with Gasteiger partial charge in [-0.2, -0.15) is 26.3 Å². The molecular formula is C29H28F6N8O3. The van der Waals surface area contributed by atoms with Gasteiger partial charge in [-0.05, 0) is 17.2 Å². The molecule has 2 N–H and O–H groups in total. The van der Waals surface area contributed by atoms with Gasteiger partial charge in [0.2, 0.25) is 11.9 Å². The van der Waals surface area contributed by atoms with Crippen LogP contribution in [0, 0.1) is 5.92 Å². The second kappa shape index (κ2) is 12.4. The van der Waals surface area contributed by atoms with Crippen molar-refractivity contribution >= 4 is 17.8 Å². The van der Waals surface area contributed by atoms with Gasteiger partial charge < -0.3 is 14.5 Å². The molecule has 3 aliphatic rings. The topological polar surface area (TPSA) is 116 Å². The molecule has 2 saturated heterocycles. The number of aromatic nitrogens is 3. The number of fused-ring (bicyclic) bond motifs is 1. The summed E-state index contributed by atoms with van der Waals surface area (Å²) >= 11 is 0. The largest absolute Gasteiger partial charge is 0.490 e. The van der Waals surface area contributed by atoms with E-state index in [0.29, 0.717) is 13.1 Å². The van der Waals surface area contributed by atoms with Crippen LogP contribution in [0.25, 0.3) is 0 Å². The Balaban J connectivity index is 1.12. The molecule has 11 nitrogen and oxygen atoms in total. The lowest BCUT2D eigenvalue weighted by atomic mass is 9.94. The van der Waals surface area contributed by atoms with Crippen molar-refractivity contribution in [2.45, 2.75) is 31.0 Å². The Bertz CT molecular complexity index is 1580. The van der Waals surface area contributed by atoms with Crippen LogP contribution in [0.2, 0.25) is 0 Å². The highest BCUT2D eigenvalue weighted by atomic mass is 19.4. The number of nitrogens with zero attached hydrogens (tertiary/aromatic N) is 6. The minimum absolute atomic E-state index is 0.0646. The number of piperazine rings is 1. The molecule has 2 amide bonds. The van der Waals surface area contributed by atoms with E-state index in [-0.39, 0.29) is 56.0 Å². The monoisotopic (exact) mass is 650 g/mol. The highest BCUT2D eigenvalue weighted by molar-refractivity contribution is 5.94. The van der Waals surface area contributed by atoms with E-state index in [1.807, 2.05) is 12.1 Å². The molecule has 17 heteroatoms. The first-order valence-corrected chi connectivity index (χ1v) is 14.3. The molecule has 5 heterocycles. The number of rotatable bonds is 6. The van der Waals surface area contributed by atoms with E-state index >= 15 is 0 Å².